The average molecular weight is 153 g/mol. The lowest BCUT2D eigenvalue weighted by Gasteiger charge is -2.00. The summed E-state index contributed by atoms with van der Waals surface area (Å²) in [4.78, 5) is 0. The second-order valence-electron chi connectivity index (χ2n) is 2.45. The Balaban J connectivity index is 2.52. The second kappa shape index (κ2) is 4.09. The minimum atomic E-state index is -0.174. The molecule has 0 atom stereocenters. The van der Waals surface area contributed by atoms with Crippen LogP contribution in [0.15, 0.2) is 24.3 Å². The van der Waals surface area contributed by atoms with E-state index in [0.29, 0.717) is 0 Å². The highest BCUT2D eigenvalue weighted by Crippen LogP contribution is 2.01. The third-order valence-electron chi connectivity index (χ3n) is 1.55. The number of hydrogen-bond donors (Lipinski definition) is 1. The van der Waals surface area contributed by atoms with E-state index in [1.54, 1.807) is 12.1 Å². The van der Waals surface area contributed by atoms with Gasteiger partial charge in [-0.15, -0.1) is 0 Å². The predicted octanol–water partition coefficient (Wildman–Crippen LogP) is 0.723. The molecule has 0 radical (unpaired) electrons. The first-order valence-electron chi connectivity index (χ1n) is 3.68. The van der Waals surface area contributed by atoms with Crippen molar-refractivity contribution in [3.8, 4) is 0 Å². The van der Waals surface area contributed by atoms with Gasteiger partial charge in [0.1, 0.15) is 5.82 Å². The van der Waals surface area contributed by atoms with E-state index in [9.17, 15) is 4.39 Å². The van der Waals surface area contributed by atoms with Gasteiger partial charge >= 0.3 is 0 Å². The molecule has 0 aromatic heterocycles. The van der Waals surface area contributed by atoms with E-state index in [4.69, 9.17) is 0 Å². The van der Waals surface area contributed by atoms with Crippen LogP contribution in [0.2, 0.25) is 0 Å². The van der Waals surface area contributed by atoms with Crippen LogP contribution in [0, 0.1) is 12.9 Å². The second-order valence-corrected chi connectivity index (χ2v) is 2.45. The van der Waals surface area contributed by atoms with E-state index in [1.807, 2.05) is 5.32 Å². The normalized spacial score (nSPS) is 10.0. The Hall–Kier alpha value is -0.890. The van der Waals surface area contributed by atoms with Crippen LogP contribution in [-0.4, -0.2) is 6.54 Å². The van der Waals surface area contributed by atoms with Crippen molar-refractivity contribution in [1.29, 1.82) is 0 Å². The standard InChI is InChI=1S/C9H12FN/c1-11-7-6-8-2-4-9(10)5-3-8/h2-5H,1,6-7,11H2. The fraction of sp³-hybridized carbons (Fsp3) is 0.222. The topological polar surface area (TPSA) is 16.6 Å². The average Bonchev–Trinajstić information content (AvgIpc) is 2.04. The maximum Gasteiger partial charge on any atom is 0.123 e. The van der Waals surface area contributed by atoms with Crippen molar-refractivity contribution in [3.63, 3.8) is 0 Å². The summed E-state index contributed by atoms with van der Waals surface area (Å²) in [5.41, 5.74) is 1.16. The predicted molar refractivity (Wildman–Crippen MR) is 42.3 cm³/mol. The van der Waals surface area contributed by atoms with Gasteiger partial charge in [0.2, 0.25) is 0 Å². The highest BCUT2D eigenvalue weighted by Gasteiger charge is 1.92. The first kappa shape index (κ1) is 8.21. The van der Waals surface area contributed by atoms with Crippen LogP contribution in [-0.2, 0) is 6.42 Å². The van der Waals surface area contributed by atoms with Crippen molar-refractivity contribution < 1.29 is 9.71 Å². The number of rotatable bonds is 3. The summed E-state index contributed by atoms with van der Waals surface area (Å²) in [6, 6.07) is 6.58. The number of quaternary nitrogens is 1. The molecule has 0 saturated heterocycles. The number of hydrogen-bond acceptors (Lipinski definition) is 0. The summed E-state index contributed by atoms with van der Waals surface area (Å²) in [5, 5.41) is 1.86. The lowest BCUT2D eigenvalue weighted by atomic mass is 10.1. The van der Waals surface area contributed by atoms with Gasteiger partial charge in [0.05, 0.1) is 6.54 Å². The van der Waals surface area contributed by atoms with E-state index in [1.165, 1.54) is 12.1 Å². The molecule has 0 unspecified atom stereocenters. The monoisotopic (exact) mass is 153 g/mol. The van der Waals surface area contributed by atoms with E-state index in [-0.39, 0.29) is 5.82 Å². The minimum absolute atomic E-state index is 0.174. The number of halogens is 1. The van der Waals surface area contributed by atoms with Crippen LogP contribution in [0.25, 0.3) is 0 Å². The van der Waals surface area contributed by atoms with Crippen LogP contribution >= 0.6 is 0 Å². The summed E-state index contributed by atoms with van der Waals surface area (Å²) in [6.07, 6.45) is 0.948. The molecule has 1 aromatic rings. The highest BCUT2D eigenvalue weighted by atomic mass is 19.1. The zero-order valence-electron chi connectivity index (χ0n) is 6.39. The first-order valence-corrected chi connectivity index (χ1v) is 3.68. The molecule has 0 fully saturated rings. The van der Waals surface area contributed by atoms with E-state index < -0.39 is 0 Å². The molecule has 1 nitrogen and oxygen atoms in total. The lowest BCUT2D eigenvalue weighted by Crippen LogP contribution is -2.77. The van der Waals surface area contributed by atoms with Crippen LogP contribution < -0.4 is 5.32 Å². The number of nitrogens with two attached hydrogens (primary N) is 1. The molecule has 0 amide bonds. The molecule has 0 aliphatic heterocycles. The molecule has 1 aromatic carbocycles. The van der Waals surface area contributed by atoms with Crippen molar-refractivity contribution in [1.82, 2.24) is 0 Å². The summed E-state index contributed by atoms with van der Waals surface area (Å²) in [7, 11) is 3.62. The molecule has 60 valence electrons. The molecule has 0 aliphatic rings. The zero-order chi connectivity index (χ0) is 8.10. The van der Waals surface area contributed by atoms with Crippen LogP contribution in [0.3, 0.4) is 0 Å². The van der Waals surface area contributed by atoms with Crippen molar-refractivity contribution in [2.45, 2.75) is 6.42 Å². The molecule has 0 bridgehead atoms. The van der Waals surface area contributed by atoms with E-state index in [2.05, 4.69) is 7.05 Å². The summed E-state index contributed by atoms with van der Waals surface area (Å²) in [5.74, 6) is -0.174. The van der Waals surface area contributed by atoms with E-state index >= 15 is 0 Å². The Bertz CT molecular complexity index is 205. The van der Waals surface area contributed by atoms with Crippen molar-refractivity contribution in [2.75, 3.05) is 6.54 Å². The van der Waals surface area contributed by atoms with Gasteiger partial charge in [-0.3, -0.25) is 0 Å². The molecule has 0 spiro atoms. The Morgan fingerprint density at radius 3 is 2.45 bits per heavy atom. The summed E-state index contributed by atoms with van der Waals surface area (Å²) in [6.45, 7) is 0.950. The molecule has 1 rings (SSSR count). The molecule has 0 heterocycles. The quantitative estimate of drug-likeness (QED) is 0.616. The zero-order valence-corrected chi connectivity index (χ0v) is 6.39. The maximum atomic E-state index is 12.4. The van der Waals surface area contributed by atoms with Crippen molar-refractivity contribution in [3.05, 3.63) is 42.7 Å². The van der Waals surface area contributed by atoms with Gasteiger partial charge in [0, 0.05) is 6.42 Å². The molecule has 2 heteroatoms. The summed E-state index contributed by atoms with van der Waals surface area (Å²) < 4.78 is 12.4. The van der Waals surface area contributed by atoms with Gasteiger partial charge in [-0.25, -0.2) is 4.39 Å². The molecule has 0 saturated carbocycles. The van der Waals surface area contributed by atoms with Crippen molar-refractivity contribution in [2.24, 2.45) is 0 Å². The van der Waals surface area contributed by atoms with E-state index in [0.717, 1.165) is 18.5 Å². The molecular formula is C9H12FN. The third kappa shape index (κ3) is 2.68. The van der Waals surface area contributed by atoms with Gasteiger partial charge in [-0.2, -0.15) is 7.05 Å². The smallest absolute Gasteiger partial charge is 0.123 e. The molecule has 2 N–H and O–H groups in total. The van der Waals surface area contributed by atoms with Gasteiger partial charge in [0.25, 0.3) is 0 Å². The molecular weight excluding hydrogens is 141 g/mol. The summed E-state index contributed by atoms with van der Waals surface area (Å²) >= 11 is 0. The Kier molecular flexibility index (Phi) is 3.05. The van der Waals surface area contributed by atoms with Crippen LogP contribution in [0.4, 0.5) is 4.39 Å². The van der Waals surface area contributed by atoms with Gasteiger partial charge < -0.3 is 5.32 Å². The van der Waals surface area contributed by atoms with Crippen molar-refractivity contribution >= 4 is 0 Å². The van der Waals surface area contributed by atoms with Crippen LogP contribution in [0.1, 0.15) is 5.56 Å². The van der Waals surface area contributed by atoms with Gasteiger partial charge in [-0.05, 0) is 17.7 Å². The SMILES string of the molecule is [CH2-][NH2+]CCc1ccc(F)cc1. The largest absolute Gasteiger partial charge is 0.479 e. The lowest BCUT2D eigenvalue weighted by molar-refractivity contribution is -0.594. The molecule has 11 heavy (non-hydrogen) atoms. The fourth-order valence-corrected chi connectivity index (χ4v) is 0.920. The highest BCUT2D eigenvalue weighted by molar-refractivity contribution is 5.15. The van der Waals surface area contributed by atoms with Gasteiger partial charge in [-0.1, -0.05) is 12.1 Å². The molecule has 0 aliphatic carbocycles. The maximum absolute atomic E-state index is 12.4. The number of benzene rings is 1. The Labute approximate surface area is 66.2 Å². The third-order valence-corrected chi connectivity index (χ3v) is 1.55. The van der Waals surface area contributed by atoms with Gasteiger partial charge in [0.15, 0.2) is 0 Å². The minimum Gasteiger partial charge on any atom is -0.479 e. The Morgan fingerprint density at radius 2 is 1.91 bits per heavy atom. The fourth-order valence-electron chi connectivity index (χ4n) is 0.920. The first-order chi connectivity index (χ1) is 5.33. The van der Waals surface area contributed by atoms with Crippen LogP contribution in [0.5, 0.6) is 0 Å². The Morgan fingerprint density at radius 1 is 1.27 bits per heavy atom.